The van der Waals surface area contributed by atoms with Gasteiger partial charge in [-0.25, -0.2) is 0 Å². The van der Waals surface area contributed by atoms with Gasteiger partial charge in [-0.3, -0.25) is 9.78 Å². The standard InChI is InChI=1S/C14H17F3N2O2/c15-14(16,17)11-5-4-10(8-18-11)12(20)19-9-13(21)6-2-1-3-7-13/h4-5,8,21H,1-3,6-7,9H2,(H,19,20). The van der Waals surface area contributed by atoms with Gasteiger partial charge in [-0.1, -0.05) is 19.3 Å². The van der Waals surface area contributed by atoms with Crippen LogP contribution in [0.2, 0.25) is 0 Å². The molecule has 0 unspecified atom stereocenters. The third kappa shape index (κ3) is 4.17. The quantitative estimate of drug-likeness (QED) is 0.902. The predicted molar refractivity (Wildman–Crippen MR) is 69.6 cm³/mol. The van der Waals surface area contributed by atoms with Crippen molar-refractivity contribution in [2.45, 2.75) is 43.9 Å². The van der Waals surface area contributed by atoms with Crippen LogP contribution >= 0.6 is 0 Å². The third-order valence-electron chi connectivity index (χ3n) is 3.68. The summed E-state index contributed by atoms with van der Waals surface area (Å²) in [6.45, 7) is 0.104. The fraction of sp³-hybridized carbons (Fsp3) is 0.571. The van der Waals surface area contributed by atoms with Crippen LogP contribution < -0.4 is 5.32 Å². The number of nitrogens with one attached hydrogen (secondary N) is 1. The largest absolute Gasteiger partial charge is 0.433 e. The summed E-state index contributed by atoms with van der Waals surface area (Å²) in [6.07, 6.45) is 0.508. The average Bonchev–Trinajstić information content (AvgIpc) is 2.45. The number of hydrogen-bond acceptors (Lipinski definition) is 3. The molecular weight excluding hydrogens is 285 g/mol. The van der Waals surface area contributed by atoms with Gasteiger partial charge in [0.15, 0.2) is 0 Å². The summed E-state index contributed by atoms with van der Waals surface area (Å²) in [6, 6.07) is 1.85. The number of aliphatic hydroxyl groups is 1. The summed E-state index contributed by atoms with van der Waals surface area (Å²) in [5, 5.41) is 12.8. The number of amides is 1. The highest BCUT2D eigenvalue weighted by molar-refractivity contribution is 5.93. The highest BCUT2D eigenvalue weighted by atomic mass is 19.4. The second-order valence-electron chi connectivity index (χ2n) is 5.40. The number of carbonyl (C=O) groups is 1. The molecule has 1 aliphatic carbocycles. The molecule has 1 heterocycles. The number of nitrogens with zero attached hydrogens (tertiary/aromatic N) is 1. The van der Waals surface area contributed by atoms with Crippen molar-refractivity contribution in [3.8, 4) is 0 Å². The van der Waals surface area contributed by atoms with Crippen LogP contribution in [0.15, 0.2) is 18.3 Å². The Bertz CT molecular complexity index is 494. The van der Waals surface area contributed by atoms with Crippen LogP contribution in [0.5, 0.6) is 0 Å². The molecular formula is C14H17F3N2O2. The fourth-order valence-corrected chi connectivity index (χ4v) is 2.43. The first kappa shape index (κ1) is 15.8. The van der Waals surface area contributed by atoms with E-state index >= 15 is 0 Å². The number of aromatic nitrogens is 1. The second-order valence-corrected chi connectivity index (χ2v) is 5.40. The molecule has 0 saturated heterocycles. The first-order chi connectivity index (χ1) is 9.80. The van der Waals surface area contributed by atoms with Gasteiger partial charge in [-0.2, -0.15) is 13.2 Å². The molecule has 2 N–H and O–H groups in total. The molecule has 0 radical (unpaired) electrons. The highest BCUT2D eigenvalue weighted by Gasteiger charge is 2.32. The van der Waals surface area contributed by atoms with Crippen molar-refractivity contribution in [3.05, 3.63) is 29.6 Å². The van der Waals surface area contributed by atoms with Gasteiger partial charge in [-0.15, -0.1) is 0 Å². The molecule has 116 valence electrons. The summed E-state index contributed by atoms with van der Waals surface area (Å²) < 4.78 is 37.1. The maximum absolute atomic E-state index is 12.4. The minimum Gasteiger partial charge on any atom is -0.388 e. The zero-order chi connectivity index (χ0) is 15.5. The lowest BCUT2D eigenvalue weighted by Crippen LogP contribution is -2.44. The number of hydrogen-bond donors (Lipinski definition) is 2. The molecule has 1 fully saturated rings. The zero-order valence-electron chi connectivity index (χ0n) is 11.4. The van der Waals surface area contributed by atoms with Crippen molar-refractivity contribution in [2.24, 2.45) is 0 Å². The van der Waals surface area contributed by atoms with E-state index in [0.29, 0.717) is 12.8 Å². The molecule has 0 aromatic carbocycles. The van der Waals surface area contributed by atoms with E-state index in [4.69, 9.17) is 0 Å². The molecule has 21 heavy (non-hydrogen) atoms. The first-order valence-corrected chi connectivity index (χ1v) is 6.84. The predicted octanol–water partition coefficient (Wildman–Crippen LogP) is 2.53. The minimum absolute atomic E-state index is 0.0439. The van der Waals surface area contributed by atoms with Crippen molar-refractivity contribution in [2.75, 3.05) is 6.54 Å². The van der Waals surface area contributed by atoms with Gasteiger partial charge >= 0.3 is 6.18 Å². The second kappa shape index (κ2) is 6.01. The molecule has 4 nitrogen and oxygen atoms in total. The molecule has 0 bridgehead atoms. The smallest absolute Gasteiger partial charge is 0.388 e. The zero-order valence-corrected chi connectivity index (χ0v) is 11.4. The van der Waals surface area contributed by atoms with Crippen molar-refractivity contribution in [1.82, 2.24) is 10.3 Å². The summed E-state index contributed by atoms with van der Waals surface area (Å²) in [5.41, 5.74) is -1.90. The summed E-state index contributed by atoms with van der Waals surface area (Å²) >= 11 is 0. The maximum Gasteiger partial charge on any atom is 0.433 e. The minimum atomic E-state index is -4.52. The Kier molecular flexibility index (Phi) is 4.51. The molecule has 1 amide bonds. The van der Waals surface area contributed by atoms with Gasteiger partial charge in [0.05, 0.1) is 11.2 Å². The van der Waals surface area contributed by atoms with Crippen LogP contribution in [-0.2, 0) is 6.18 Å². The van der Waals surface area contributed by atoms with Crippen LogP contribution in [-0.4, -0.2) is 28.1 Å². The lowest BCUT2D eigenvalue weighted by atomic mass is 9.85. The van der Waals surface area contributed by atoms with E-state index in [2.05, 4.69) is 10.3 Å². The number of carbonyl (C=O) groups excluding carboxylic acids is 1. The first-order valence-electron chi connectivity index (χ1n) is 6.84. The summed E-state index contributed by atoms with van der Waals surface area (Å²) in [7, 11) is 0. The van der Waals surface area contributed by atoms with Crippen LogP contribution in [0.4, 0.5) is 13.2 Å². The number of halogens is 3. The van der Waals surface area contributed by atoms with E-state index in [1.807, 2.05) is 0 Å². The van der Waals surface area contributed by atoms with Gasteiger partial charge in [-0.05, 0) is 25.0 Å². The van der Waals surface area contributed by atoms with Crippen molar-refractivity contribution in [1.29, 1.82) is 0 Å². The van der Waals surface area contributed by atoms with E-state index in [0.717, 1.165) is 37.6 Å². The molecule has 1 aliphatic rings. The van der Waals surface area contributed by atoms with Crippen molar-refractivity contribution < 1.29 is 23.1 Å². The topological polar surface area (TPSA) is 62.2 Å². The number of alkyl halides is 3. The van der Waals surface area contributed by atoms with E-state index in [-0.39, 0.29) is 12.1 Å². The van der Waals surface area contributed by atoms with Crippen molar-refractivity contribution >= 4 is 5.91 Å². The Morgan fingerprint density at radius 2 is 1.95 bits per heavy atom. The highest BCUT2D eigenvalue weighted by Crippen LogP contribution is 2.28. The van der Waals surface area contributed by atoms with E-state index < -0.39 is 23.4 Å². The third-order valence-corrected chi connectivity index (χ3v) is 3.68. The molecule has 1 aromatic rings. The van der Waals surface area contributed by atoms with Crippen LogP contribution in [0.3, 0.4) is 0 Å². The van der Waals surface area contributed by atoms with Crippen LogP contribution in [0.25, 0.3) is 0 Å². The Labute approximate surface area is 120 Å². The van der Waals surface area contributed by atoms with Gasteiger partial charge in [0.25, 0.3) is 5.91 Å². The summed E-state index contributed by atoms with van der Waals surface area (Å²) in [4.78, 5) is 15.1. The number of rotatable bonds is 3. The fourth-order valence-electron chi connectivity index (χ4n) is 2.43. The molecule has 0 aliphatic heterocycles. The molecule has 0 atom stereocenters. The molecule has 7 heteroatoms. The normalized spacial score (nSPS) is 18.3. The van der Waals surface area contributed by atoms with Crippen LogP contribution in [0, 0.1) is 0 Å². The lowest BCUT2D eigenvalue weighted by Gasteiger charge is -2.32. The number of pyridine rings is 1. The lowest BCUT2D eigenvalue weighted by molar-refractivity contribution is -0.141. The SMILES string of the molecule is O=C(NCC1(O)CCCCC1)c1ccc(C(F)(F)F)nc1. The molecule has 1 saturated carbocycles. The van der Waals surface area contributed by atoms with E-state index in [1.54, 1.807) is 0 Å². The Balaban J connectivity index is 1.94. The molecule has 0 spiro atoms. The van der Waals surface area contributed by atoms with Crippen molar-refractivity contribution in [3.63, 3.8) is 0 Å². The summed E-state index contributed by atoms with van der Waals surface area (Å²) in [5.74, 6) is -0.532. The van der Waals surface area contributed by atoms with E-state index in [1.165, 1.54) is 0 Å². The van der Waals surface area contributed by atoms with Gasteiger partial charge < -0.3 is 10.4 Å². The average molecular weight is 302 g/mol. The van der Waals surface area contributed by atoms with Crippen LogP contribution in [0.1, 0.15) is 48.2 Å². The maximum atomic E-state index is 12.4. The van der Waals surface area contributed by atoms with Gasteiger partial charge in [0.1, 0.15) is 5.69 Å². The Morgan fingerprint density at radius 3 is 2.48 bits per heavy atom. The molecule has 2 rings (SSSR count). The van der Waals surface area contributed by atoms with Gasteiger partial charge in [0.2, 0.25) is 0 Å². The molecule has 1 aromatic heterocycles. The Hall–Kier alpha value is -1.63. The monoisotopic (exact) mass is 302 g/mol. The van der Waals surface area contributed by atoms with Gasteiger partial charge in [0, 0.05) is 12.7 Å². The Morgan fingerprint density at radius 1 is 1.29 bits per heavy atom. The van der Waals surface area contributed by atoms with E-state index in [9.17, 15) is 23.1 Å².